The van der Waals surface area contributed by atoms with Crippen molar-refractivity contribution in [2.75, 3.05) is 0 Å². The Morgan fingerprint density at radius 2 is 0.731 bits per heavy atom. The van der Waals surface area contributed by atoms with Crippen LogP contribution in [-0.4, -0.2) is 34.3 Å². The van der Waals surface area contributed by atoms with Crippen molar-refractivity contribution in [3.63, 3.8) is 0 Å². The normalized spacial score (nSPS) is 18.6. The molecule has 52 heavy (non-hydrogen) atoms. The number of hydrogen-bond donors (Lipinski definition) is 3. The molecule has 3 aliphatic rings. The molecule has 3 saturated carbocycles. The van der Waals surface area contributed by atoms with Crippen LogP contribution >= 0.6 is 0 Å². The average Bonchev–Trinajstić information content (AvgIpc) is 3.76. The number of rotatable bonds is 15. The molecule has 3 rings (SSSR count). The van der Waals surface area contributed by atoms with Crippen molar-refractivity contribution >= 4 is 17.7 Å². The minimum atomic E-state index is -0.118. The molecule has 3 aliphatic carbocycles. The predicted octanol–water partition coefficient (Wildman–Crippen LogP) is 11.7. The van der Waals surface area contributed by atoms with Crippen LogP contribution in [0.25, 0.3) is 0 Å². The highest BCUT2D eigenvalue weighted by molar-refractivity contribution is 5.80. The van der Waals surface area contributed by atoms with Gasteiger partial charge in [0, 0.05) is 34.4 Å². The van der Waals surface area contributed by atoms with Crippen LogP contribution in [0.15, 0.2) is 0 Å². The van der Waals surface area contributed by atoms with Crippen molar-refractivity contribution in [1.82, 2.24) is 16.0 Å². The van der Waals surface area contributed by atoms with Crippen molar-refractivity contribution in [1.29, 1.82) is 0 Å². The smallest absolute Gasteiger partial charge is 0.223 e. The van der Waals surface area contributed by atoms with Crippen molar-refractivity contribution < 1.29 is 14.4 Å². The molecule has 0 aliphatic heterocycles. The van der Waals surface area contributed by atoms with Gasteiger partial charge in [-0.25, -0.2) is 0 Å². The van der Waals surface area contributed by atoms with Gasteiger partial charge in [0.1, 0.15) is 0 Å². The summed E-state index contributed by atoms with van der Waals surface area (Å²) in [6.45, 7) is 36.1. The number of nitrogens with one attached hydrogen (secondary N) is 3. The molecule has 0 radical (unpaired) electrons. The Kier molecular flexibility index (Phi) is 19.0. The molecule has 3 N–H and O–H groups in total. The Morgan fingerprint density at radius 3 is 0.962 bits per heavy atom. The van der Waals surface area contributed by atoms with Crippen molar-refractivity contribution in [3.8, 4) is 0 Å². The van der Waals surface area contributed by atoms with Crippen LogP contribution in [0.5, 0.6) is 0 Å². The van der Waals surface area contributed by atoms with E-state index in [9.17, 15) is 14.4 Å². The van der Waals surface area contributed by atoms with Gasteiger partial charge in [0.05, 0.1) is 0 Å². The van der Waals surface area contributed by atoms with Gasteiger partial charge < -0.3 is 16.0 Å². The van der Waals surface area contributed by atoms with Gasteiger partial charge in [-0.2, -0.15) is 0 Å². The monoisotopic (exact) mass is 732 g/mol. The minimum absolute atomic E-state index is 0.107. The first kappa shape index (κ1) is 48.4. The lowest BCUT2D eigenvalue weighted by Crippen LogP contribution is -2.45. The summed E-state index contributed by atoms with van der Waals surface area (Å²) in [6, 6.07) is 0. The summed E-state index contributed by atoms with van der Waals surface area (Å²) in [5.74, 6) is 4.49. The van der Waals surface area contributed by atoms with E-state index in [0.717, 1.165) is 49.9 Å². The third kappa shape index (κ3) is 27.1. The van der Waals surface area contributed by atoms with Crippen LogP contribution in [0, 0.1) is 52.3 Å². The molecule has 0 aromatic rings. The van der Waals surface area contributed by atoms with Crippen LogP contribution in [-0.2, 0) is 14.4 Å². The van der Waals surface area contributed by atoms with E-state index >= 15 is 0 Å². The second-order valence-electron chi connectivity index (χ2n) is 23.1. The first-order valence-corrected chi connectivity index (χ1v) is 21.4. The molecule has 3 amide bonds. The topological polar surface area (TPSA) is 87.3 Å². The highest BCUT2D eigenvalue weighted by Crippen LogP contribution is 2.38. The molecular weight excluding hydrogens is 643 g/mol. The number of carbonyl (C=O) groups is 3. The third-order valence-electron chi connectivity index (χ3n) is 9.92. The lowest BCUT2D eigenvalue weighted by Gasteiger charge is -2.29. The van der Waals surface area contributed by atoms with E-state index in [1.54, 1.807) is 0 Å². The van der Waals surface area contributed by atoms with Crippen LogP contribution < -0.4 is 16.0 Å². The van der Waals surface area contributed by atoms with Crippen molar-refractivity contribution in [3.05, 3.63) is 0 Å². The van der Waals surface area contributed by atoms with E-state index in [-0.39, 0.29) is 62.9 Å². The second kappa shape index (κ2) is 20.4. The van der Waals surface area contributed by atoms with Gasteiger partial charge in [0.2, 0.25) is 17.7 Å². The maximum absolute atomic E-state index is 12.4. The van der Waals surface area contributed by atoms with E-state index in [2.05, 4.69) is 113 Å². The predicted molar refractivity (Wildman–Crippen MR) is 223 cm³/mol. The molecule has 3 fully saturated rings. The summed E-state index contributed by atoms with van der Waals surface area (Å²) in [5.41, 5.74) is 0.107. The summed E-state index contributed by atoms with van der Waals surface area (Å²) in [4.78, 5) is 36.8. The summed E-state index contributed by atoms with van der Waals surface area (Å²) in [5, 5.41) is 9.40. The minimum Gasteiger partial charge on any atom is -0.351 e. The Balaban J connectivity index is 0.000000391. The zero-order chi connectivity index (χ0) is 40.3. The Morgan fingerprint density at radius 1 is 0.462 bits per heavy atom. The van der Waals surface area contributed by atoms with E-state index in [0.29, 0.717) is 5.92 Å². The van der Waals surface area contributed by atoms with Crippen LogP contribution in [0.1, 0.15) is 208 Å². The zero-order valence-electron chi connectivity index (χ0n) is 37.7. The van der Waals surface area contributed by atoms with Gasteiger partial charge in [-0.05, 0) is 148 Å². The SMILES string of the molecule is CC(C)(C)CC(CCC1CC1)C(=O)NC(C)(C)C.CC(C)(C)CC(CCC1CC1)C(=O)NC(C)(C)C.CC(C)C(CCC1CC1)C(=O)NC(C)(C)C. The average molecular weight is 732 g/mol. The molecule has 0 spiro atoms. The first-order chi connectivity index (χ1) is 23.4. The van der Waals surface area contributed by atoms with E-state index in [1.165, 1.54) is 57.8 Å². The van der Waals surface area contributed by atoms with Gasteiger partial charge in [-0.15, -0.1) is 0 Å². The van der Waals surface area contributed by atoms with Gasteiger partial charge in [0.15, 0.2) is 0 Å². The Hall–Kier alpha value is -1.59. The largest absolute Gasteiger partial charge is 0.351 e. The maximum atomic E-state index is 12.4. The summed E-state index contributed by atoms with van der Waals surface area (Å²) >= 11 is 0. The van der Waals surface area contributed by atoms with Gasteiger partial charge in [-0.3, -0.25) is 14.4 Å². The number of hydrogen-bond acceptors (Lipinski definition) is 3. The fraction of sp³-hybridized carbons (Fsp3) is 0.935. The molecule has 6 nitrogen and oxygen atoms in total. The fourth-order valence-electron chi connectivity index (χ4n) is 6.81. The lowest BCUT2D eigenvalue weighted by atomic mass is 9.81. The molecule has 3 unspecified atom stereocenters. The Labute approximate surface area is 323 Å². The van der Waals surface area contributed by atoms with Crippen LogP contribution in [0.2, 0.25) is 0 Å². The van der Waals surface area contributed by atoms with Crippen molar-refractivity contribution in [2.45, 2.75) is 224 Å². The Bertz CT molecular complexity index is 1000. The van der Waals surface area contributed by atoms with Crippen molar-refractivity contribution in [2.24, 2.45) is 52.3 Å². The highest BCUT2D eigenvalue weighted by Gasteiger charge is 2.32. The lowest BCUT2D eigenvalue weighted by molar-refractivity contribution is -0.128. The van der Waals surface area contributed by atoms with Gasteiger partial charge in [-0.1, -0.05) is 93.9 Å². The molecule has 0 aromatic carbocycles. The summed E-state index contributed by atoms with van der Waals surface area (Å²) < 4.78 is 0. The molecule has 0 saturated heterocycles. The molecule has 0 heterocycles. The van der Waals surface area contributed by atoms with Crippen LogP contribution in [0.3, 0.4) is 0 Å². The molecule has 0 aromatic heterocycles. The molecule has 6 heteroatoms. The quantitative estimate of drug-likeness (QED) is 0.157. The third-order valence-corrected chi connectivity index (χ3v) is 9.92. The molecular formula is C46H89N3O3. The summed E-state index contributed by atoms with van der Waals surface area (Å²) in [7, 11) is 0. The zero-order valence-corrected chi connectivity index (χ0v) is 37.7. The first-order valence-electron chi connectivity index (χ1n) is 21.4. The highest BCUT2D eigenvalue weighted by atomic mass is 16.2. The van der Waals surface area contributed by atoms with Crippen LogP contribution in [0.4, 0.5) is 0 Å². The van der Waals surface area contributed by atoms with E-state index in [4.69, 9.17) is 0 Å². The molecule has 0 bridgehead atoms. The summed E-state index contributed by atoms with van der Waals surface area (Å²) in [6.07, 6.45) is 17.1. The number of amides is 3. The van der Waals surface area contributed by atoms with Gasteiger partial charge >= 0.3 is 0 Å². The van der Waals surface area contributed by atoms with E-state index < -0.39 is 0 Å². The molecule has 3 atom stereocenters. The molecule has 306 valence electrons. The van der Waals surface area contributed by atoms with Gasteiger partial charge in [0.25, 0.3) is 0 Å². The van der Waals surface area contributed by atoms with E-state index in [1.807, 2.05) is 20.8 Å². The second-order valence-corrected chi connectivity index (χ2v) is 23.1. The standard InChI is InChI=1S/2C16H31NO.C14H27NO/c2*1-15(2,3)11-13(10-9-12-7-8-12)14(18)17-16(4,5)6;1-10(2)12(9-8-11-6-7-11)13(16)15-14(3,4)5/h2*12-13H,7-11H2,1-6H3,(H,17,18);10-12H,6-9H2,1-5H3,(H,15,16). The number of carbonyl (C=O) groups excluding carboxylic acids is 3. The maximum Gasteiger partial charge on any atom is 0.223 e. The fourth-order valence-corrected chi connectivity index (χ4v) is 6.81.